The summed E-state index contributed by atoms with van der Waals surface area (Å²) < 4.78 is 9.44. The fraction of sp³-hybridized carbons (Fsp3) is 0.375. The molecule has 0 saturated carbocycles. The van der Waals surface area contributed by atoms with Crippen molar-refractivity contribution in [2.24, 2.45) is 0 Å². The van der Waals surface area contributed by atoms with Crippen LogP contribution in [0, 0.1) is 0 Å². The Bertz CT molecular complexity index is 1690. The molecule has 2 aromatic carbocycles. The van der Waals surface area contributed by atoms with Crippen molar-refractivity contribution in [1.29, 1.82) is 0 Å². The number of nitrogens with two attached hydrogens (primary N) is 1. The number of benzene rings is 2. The summed E-state index contributed by atoms with van der Waals surface area (Å²) in [6.45, 7) is 10.4. The Morgan fingerprint density at radius 3 is 2.57 bits per heavy atom. The van der Waals surface area contributed by atoms with Gasteiger partial charge in [0.25, 0.3) is 0 Å². The highest BCUT2D eigenvalue weighted by molar-refractivity contribution is 5.92. The third kappa shape index (κ3) is 6.08. The Kier molecular flexibility index (Phi) is 7.55. The van der Waals surface area contributed by atoms with Gasteiger partial charge in [-0.05, 0) is 63.4 Å². The molecule has 1 saturated heterocycles. The van der Waals surface area contributed by atoms with Gasteiger partial charge in [0.2, 0.25) is 0 Å². The van der Waals surface area contributed by atoms with Crippen LogP contribution in [0.25, 0.3) is 27.5 Å². The van der Waals surface area contributed by atoms with Crippen molar-refractivity contribution in [2.75, 3.05) is 38.5 Å². The molecule has 1 amide bonds. The van der Waals surface area contributed by atoms with E-state index in [9.17, 15) is 4.79 Å². The normalized spacial score (nSPS) is 14.6. The summed E-state index contributed by atoms with van der Waals surface area (Å²) in [5.41, 5.74) is 12.0. The Labute approximate surface area is 245 Å². The summed E-state index contributed by atoms with van der Waals surface area (Å²) in [6, 6.07) is 18.9. The van der Waals surface area contributed by atoms with Gasteiger partial charge in [0.05, 0.1) is 12.1 Å². The molecule has 1 fully saturated rings. The van der Waals surface area contributed by atoms with Crippen molar-refractivity contribution in [2.45, 2.75) is 45.8 Å². The molecular weight excluding hydrogens is 528 g/mol. The minimum Gasteiger partial charge on any atom is -0.444 e. The van der Waals surface area contributed by atoms with E-state index in [1.165, 1.54) is 11.9 Å². The van der Waals surface area contributed by atoms with Crippen LogP contribution in [0.15, 0.2) is 67.1 Å². The average Bonchev–Trinajstić information content (AvgIpc) is 3.54. The highest BCUT2D eigenvalue weighted by Gasteiger charge is 2.26. The number of fused-ring (bicyclic) bond motifs is 2. The van der Waals surface area contributed by atoms with Crippen LogP contribution in [0.4, 0.5) is 10.6 Å². The molecule has 2 N–H and O–H groups in total. The van der Waals surface area contributed by atoms with E-state index in [-0.39, 0.29) is 6.09 Å². The number of rotatable bonds is 7. The van der Waals surface area contributed by atoms with Crippen molar-refractivity contribution in [3.63, 3.8) is 0 Å². The van der Waals surface area contributed by atoms with Gasteiger partial charge < -0.3 is 15.4 Å². The molecule has 1 aliphatic rings. The smallest absolute Gasteiger partial charge is 0.410 e. The number of ether oxygens (including phenoxy) is 1. The van der Waals surface area contributed by atoms with Gasteiger partial charge in [0.15, 0.2) is 5.82 Å². The zero-order chi connectivity index (χ0) is 29.3. The monoisotopic (exact) mass is 566 g/mol. The maximum Gasteiger partial charge on any atom is 0.410 e. The lowest BCUT2D eigenvalue weighted by atomic mass is 10.0. The fourth-order valence-electron chi connectivity index (χ4n) is 5.58. The molecule has 5 aromatic rings. The second-order valence-corrected chi connectivity index (χ2v) is 12.0. The summed E-state index contributed by atoms with van der Waals surface area (Å²) in [4.78, 5) is 20.9. The van der Waals surface area contributed by atoms with Gasteiger partial charge in [-0.1, -0.05) is 42.5 Å². The van der Waals surface area contributed by atoms with Crippen LogP contribution < -0.4 is 5.73 Å². The van der Waals surface area contributed by atoms with Gasteiger partial charge in [-0.25, -0.2) is 14.3 Å². The molecule has 0 atom stereocenters. The Morgan fingerprint density at radius 1 is 1.02 bits per heavy atom. The van der Waals surface area contributed by atoms with Gasteiger partial charge in [-0.2, -0.15) is 10.2 Å². The second-order valence-electron chi connectivity index (χ2n) is 12.0. The topological polar surface area (TPSA) is 107 Å². The lowest BCUT2D eigenvalue weighted by Gasteiger charge is -2.35. The van der Waals surface area contributed by atoms with Crippen LogP contribution in [0.2, 0.25) is 0 Å². The number of carbonyl (C=O) groups is 1. The first-order chi connectivity index (χ1) is 20.2. The average molecular weight is 567 g/mol. The minimum absolute atomic E-state index is 0.229. The van der Waals surface area contributed by atoms with Gasteiger partial charge in [0, 0.05) is 49.0 Å². The number of nitrogens with zero attached hydrogens (tertiary/aromatic N) is 7. The largest absolute Gasteiger partial charge is 0.444 e. The Morgan fingerprint density at radius 2 is 1.81 bits per heavy atom. The molecule has 0 radical (unpaired) electrons. The van der Waals surface area contributed by atoms with Crippen LogP contribution >= 0.6 is 0 Å². The standard InChI is InChI=1S/C32H38N8O2/c1-32(2,3)42-31(41)38-16-14-37(15-17-38)13-7-10-26-19-27(29-30(33)34-22-35-40(26)29)24-11-12-25-21-39(36-28(25)18-24)20-23-8-5-4-6-9-23/h4-6,8-9,11-12,18-19,21-22H,7,10,13-17,20H2,1-3H3,(H2,33,34,35). The lowest BCUT2D eigenvalue weighted by Crippen LogP contribution is -2.50. The third-order valence-corrected chi connectivity index (χ3v) is 7.64. The maximum atomic E-state index is 12.4. The molecule has 1 aliphatic heterocycles. The number of aromatic nitrogens is 5. The molecule has 218 valence electrons. The number of piperazine rings is 1. The van der Waals surface area contributed by atoms with E-state index in [4.69, 9.17) is 15.6 Å². The van der Waals surface area contributed by atoms with Crippen molar-refractivity contribution >= 4 is 28.3 Å². The van der Waals surface area contributed by atoms with E-state index in [1.807, 2.05) is 48.2 Å². The van der Waals surface area contributed by atoms with Crippen LogP contribution in [-0.2, 0) is 17.7 Å². The molecule has 3 aromatic heterocycles. The Hall–Kier alpha value is -4.44. The van der Waals surface area contributed by atoms with Crippen LogP contribution in [-0.4, -0.2) is 78.6 Å². The number of hydrogen-bond donors (Lipinski definition) is 1. The highest BCUT2D eigenvalue weighted by atomic mass is 16.6. The van der Waals surface area contributed by atoms with E-state index < -0.39 is 5.60 Å². The number of aryl methyl sites for hydroxylation is 1. The molecule has 10 nitrogen and oxygen atoms in total. The van der Waals surface area contributed by atoms with Crippen LogP contribution in [0.1, 0.15) is 38.4 Å². The van der Waals surface area contributed by atoms with E-state index in [0.29, 0.717) is 18.9 Å². The minimum atomic E-state index is -0.476. The molecule has 0 unspecified atom stereocenters. The number of anilines is 1. The molecular formula is C32H38N8O2. The number of amides is 1. The van der Waals surface area contributed by atoms with Gasteiger partial charge in [-0.3, -0.25) is 9.58 Å². The van der Waals surface area contributed by atoms with Crippen molar-refractivity contribution in [3.05, 3.63) is 78.4 Å². The first-order valence-corrected chi connectivity index (χ1v) is 14.6. The number of nitrogen functional groups attached to an aromatic ring is 1. The van der Waals surface area contributed by atoms with Crippen LogP contribution in [0.3, 0.4) is 0 Å². The summed E-state index contributed by atoms with van der Waals surface area (Å²) in [6.07, 6.45) is 5.18. The van der Waals surface area contributed by atoms with E-state index >= 15 is 0 Å². The van der Waals surface area contributed by atoms with Gasteiger partial charge >= 0.3 is 6.09 Å². The SMILES string of the molecule is CC(C)(C)OC(=O)N1CCN(CCCc2cc(-c3ccc4cn(Cc5ccccc5)nc4c3)c3c(N)ncnn23)CC1. The molecule has 0 spiro atoms. The molecule has 0 aliphatic carbocycles. The predicted octanol–water partition coefficient (Wildman–Crippen LogP) is 4.86. The molecule has 0 bridgehead atoms. The molecule has 10 heteroatoms. The van der Waals surface area contributed by atoms with Crippen molar-refractivity contribution < 1.29 is 9.53 Å². The predicted molar refractivity (Wildman–Crippen MR) is 164 cm³/mol. The molecule has 6 rings (SSSR count). The molecule has 42 heavy (non-hydrogen) atoms. The van der Waals surface area contributed by atoms with Gasteiger partial charge in [0.1, 0.15) is 17.4 Å². The first kappa shape index (κ1) is 27.7. The summed E-state index contributed by atoms with van der Waals surface area (Å²) in [5.74, 6) is 0.458. The van der Waals surface area contributed by atoms with E-state index in [0.717, 1.165) is 72.3 Å². The molecule has 4 heterocycles. The van der Waals surface area contributed by atoms with Gasteiger partial charge in [-0.15, -0.1) is 0 Å². The van der Waals surface area contributed by atoms with Crippen molar-refractivity contribution in [3.8, 4) is 11.1 Å². The zero-order valence-corrected chi connectivity index (χ0v) is 24.5. The summed E-state index contributed by atoms with van der Waals surface area (Å²) >= 11 is 0. The third-order valence-electron chi connectivity index (χ3n) is 7.64. The second kappa shape index (κ2) is 11.4. The quantitative estimate of drug-likeness (QED) is 0.300. The fourth-order valence-corrected chi connectivity index (χ4v) is 5.58. The van der Waals surface area contributed by atoms with Crippen molar-refractivity contribution in [1.82, 2.24) is 34.2 Å². The number of hydrogen-bond acceptors (Lipinski definition) is 7. The van der Waals surface area contributed by atoms with E-state index in [2.05, 4.69) is 57.6 Å². The zero-order valence-electron chi connectivity index (χ0n) is 24.5. The Balaban J connectivity index is 1.15. The summed E-state index contributed by atoms with van der Waals surface area (Å²) in [7, 11) is 0. The maximum absolute atomic E-state index is 12.4. The number of carbonyl (C=O) groups excluding carboxylic acids is 1. The first-order valence-electron chi connectivity index (χ1n) is 14.6. The van der Waals surface area contributed by atoms with Crippen LogP contribution in [0.5, 0.6) is 0 Å². The highest BCUT2D eigenvalue weighted by Crippen LogP contribution is 2.32. The lowest BCUT2D eigenvalue weighted by molar-refractivity contribution is 0.0144. The van der Waals surface area contributed by atoms with E-state index in [1.54, 1.807) is 4.90 Å². The summed E-state index contributed by atoms with van der Waals surface area (Å²) in [5, 5.41) is 10.5.